The first-order chi connectivity index (χ1) is 16.1. The highest BCUT2D eigenvalue weighted by Crippen LogP contribution is 2.36. The van der Waals surface area contributed by atoms with Gasteiger partial charge in [-0.1, -0.05) is 81.5 Å². The molecular formula is C26H38O6Si2. The van der Waals surface area contributed by atoms with E-state index in [0.717, 1.165) is 5.56 Å². The minimum atomic E-state index is -1.50. The number of fused-ring (bicyclic) bond motifs is 1. The molecule has 0 amide bonds. The van der Waals surface area contributed by atoms with Crippen LogP contribution in [0.4, 0.5) is 0 Å². The van der Waals surface area contributed by atoms with Crippen molar-refractivity contribution in [3.8, 4) is 22.9 Å². The number of rotatable bonds is 6. The van der Waals surface area contributed by atoms with Crippen molar-refractivity contribution in [2.24, 2.45) is 0 Å². The Morgan fingerprint density at radius 1 is 0.853 bits per heavy atom. The van der Waals surface area contributed by atoms with Crippen LogP contribution in [0, 0.1) is 22.9 Å². The van der Waals surface area contributed by atoms with E-state index in [0.29, 0.717) is 6.61 Å². The van der Waals surface area contributed by atoms with Crippen LogP contribution in [0.5, 0.6) is 0 Å². The molecule has 34 heavy (non-hydrogen) atoms. The summed E-state index contributed by atoms with van der Waals surface area (Å²) < 4.78 is 36.7. The van der Waals surface area contributed by atoms with Crippen molar-refractivity contribution in [1.29, 1.82) is 0 Å². The molecular weight excluding hydrogens is 464 g/mol. The molecule has 0 bridgehead atoms. The molecule has 0 N–H and O–H groups in total. The lowest BCUT2D eigenvalue weighted by Crippen LogP contribution is -2.63. The largest absolute Gasteiger partial charge is 0.360 e. The SMILES string of the molecule is CO[C@H]1O[C@@H]2COC(c3ccccc3)O[C@H]2[C@H](OCC#C[Si](C)(C)C)[C@H]1OCC#C[Si](C)(C)C. The minimum Gasteiger partial charge on any atom is -0.360 e. The van der Waals surface area contributed by atoms with Gasteiger partial charge in [-0.3, -0.25) is 0 Å². The fraction of sp³-hybridized carbons (Fsp3) is 0.615. The summed E-state index contributed by atoms with van der Waals surface area (Å²) in [7, 11) is -1.39. The molecule has 2 fully saturated rings. The second-order valence-corrected chi connectivity index (χ2v) is 20.1. The summed E-state index contributed by atoms with van der Waals surface area (Å²) in [5.41, 5.74) is 7.64. The van der Waals surface area contributed by atoms with Crippen LogP contribution in [0.25, 0.3) is 0 Å². The fourth-order valence-corrected chi connectivity index (χ4v) is 4.96. The lowest BCUT2D eigenvalue weighted by Gasteiger charge is -2.48. The molecule has 6 nitrogen and oxygen atoms in total. The van der Waals surface area contributed by atoms with Gasteiger partial charge in [0.05, 0.1) is 6.61 Å². The Hall–Kier alpha value is -1.47. The van der Waals surface area contributed by atoms with Gasteiger partial charge in [0.15, 0.2) is 12.6 Å². The maximum Gasteiger partial charge on any atom is 0.186 e. The lowest BCUT2D eigenvalue weighted by molar-refractivity contribution is -0.365. The van der Waals surface area contributed by atoms with Gasteiger partial charge in [0.1, 0.15) is 53.8 Å². The molecule has 6 atom stereocenters. The summed E-state index contributed by atoms with van der Waals surface area (Å²) in [4.78, 5) is 0. The maximum atomic E-state index is 6.39. The van der Waals surface area contributed by atoms with Gasteiger partial charge in [0, 0.05) is 12.7 Å². The molecule has 0 radical (unpaired) electrons. The van der Waals surface area contributed by atoms with Gasteiger partial charge in [0.25, 0.3) is 0 Å². The van der Waals surface area contributed by atoms with E-state index in [-0.39, 0.29) is 19.3 Å². The topological polar surface area (TPSA) is 55.4 Å². The van der Waals surface area contributed by atoms with E-state index in [2.05, 4.69) is 62.2 Å². The predicted octanol–water partition coefficient (Wildman–Crippen LogP) is 4.00. The van der Waals surface area contributed by atoms with Crippen LogP contribution in [0.3, 0.4) is 0 Å². The van der Waals surface area contributed by atoms with Crippen molar-refractivity contribution in [2.45, 2.75) is 76.3 Å². The molecule has 0 spiro atoms. The molecule has 1 unspecified atom stereocenters. The van der Waals surface area contributed by atoms with Gasteiger partial charge < -0.3 is 28.4 Å². The second-order valence-electron chi connectivity index (χ2n) is 10.6. The van der Waals surface area contributed by atoms with Crippen molar-refractivity contribution in [1.82, 2.24) is 0 Å². The number of hydrogen-bond acceptors (Lipinski definition) is 6. The Balaban J connectivity index is 1.81. The normalized spacial score (nSPS) is 29.3. The highest BCUT2D eigenvalue weighted by Gasteiger charge is 2.51. The maximum absolute atomic E-state index is 6.39. The van der Waals surface area contributed by atoms with Crippen LogP contribution in [0.2, 0.25) is 39.3 Å². The molecule has 0 saturated carbocycles. The first kappa shape index (κ1) is 27.1. The van der Waals surface area contributed by atoms with Crippen LogP contribution in [-0.4, -0.2) is 73.8 Å². The molecule has 2 saturated heterocycles. The molecule has 1 aromatic carbocycles. The average molecular weight is 503 g/mol. The Morgan fingerprint density at radius 3 is 2.00 bits per heavy atom. The standard InChI is InChI=1S/C26H38O6Si2/c1-27-26-24(29-16-12-18-34(5,6)7)23(28-15-11-17-33(2,3)4)22-21(31-26)19-30-25(32-22)20-13-9-8-10-14-20/h8-10,13-14,21-26H,15-16,19H2,1-7H3/t21-,22-,23+,24-,25?,26+/m1/s1. The molecule has 8 heteroatoms. The summed E-state index contributed by atoms with van der Waals surface area (Å²) >= 11 is 0. The van der Waals surface area contributed by atoms with Gasteiger partial charge in [0.2, 0.25) is 0 Å². The molecule has 2 aliphatic rings. The average Bonchev–Trinajstić information content (AvgIpc) is 2.78. The smallest absolute Gasteiger partial charge is 0.186 e. The summed E-state index contributed by atoms with van der Waals surface area (Å²) in [5.74, 6) is 6.36. The highest BCUT2D eigenvalue weighted by molar-refractivity contribution is 6.84. The van der Waals surface area contributed by atoms with Gasteiger partial charge >= 0.3 is 0 Å². The number of methoxy groups -OCH3 is 1. The van der Waals surface area contributed by atoms with E-state index in [1.54, 1.807) is 7.11 Å². The van der Waals surface area contributed by atoms with Gasteiger partial charge in [-0.05, 0) is 0 Å². The summed E-state index contributed by atoms with van der Waals surface area (Å²) in [6, 6.07) is 9.88. The van der Waals surface area contributed by atoms with E-state index in [9.17, 15) is 0 Å². The molecule has 2 aliphatic heterocycles. The first-order valence-electron chi connectivity index (χ1n) is 11.8. The third-order valence-electron chi connectivity index (χ3n) is 5.21. The van der Waals surface area contributed by atoms with Gasteiger partial charge in [-0.2, -0.15) is 0 Å². The van der Waals surface area contributed by atoms with E-state index in [1.807, 2.05) is 30.3 Å². The molecule has 186 valence electrons. The number of hydrogen-bond donors (Lipinski definition) is 0. The van der Waals surface area contributed by atoms with E-state index in [1.165, 1.54) is 0 Å². The van der Waals surface area contributed by atoms with Crippen LogP contribution >= 0.6 is 0 Å². The summed E-state index contributed by atoms with van der Waals surface area (Å²) in [6.45, 7) is 14.2. The van der Waals surface area contributed by atoms with Crippen molar-refractivity contribution in [2.75, 3.05) is 26.9 Å². The number of benzene rings is 1. The number of ether oxygens (including phenoxy) is 6. The van der Waals surface area contributed by atoms with Gasteiger partial charge in [-0.25, -0.2) is 0 Å². The van der Waals surface area contributed by atoms with Crippen molar-refractivity contribution in [3.05, 3.63) is 35.9 Å². The monoisotopic (exact) mass is 502 g/mol. The molecule has 2 heterocycles. The predicted molar refractivity (Wildman–Crippen MR) is 137 cm³/mol. The quantitative estimate of drug-likeness (QED) is 0.433. The third-order valence-corrected chi connectivity index (χ3v) is 7.06. The van der Waals surface area contributed by atoms with Crippen molar-refractivity contribution >= 4 is 16.1 Å². The van der Waals surface area contributed by atoms with E-state index >= 15 is 0 Å². The molecule has 3 rings (SSSR count). The van der Waals surface area contributed by atoms with E-state index < -0.39 is 47.0 Å². The molecule has 1 aromatic rings. The second kappa shape index (κ2) is 12.0. The van der Waals surface area contributed by atoms with Crippen LogP contribution in [0.15, 0.2) is 30.3 Å². The zero-order valence-electron chi connectivity index (χ0n) is 21.4. The van der Waals surface area contributed by atoms with Crippen molar-refractivity contribution in [3.63, 3.8) is 0 Å². The highest BCUT2D eigenvalue weighted by atomic mass is 28.3. The Bertz CT molecular complexity index is 903. The molecule has 0 aliphatic carbocycles. The summed E-state index contributed by atoms with van der Waals surface area (Å²) in [6.07, 6.45) is -2.81. The zero-order valence-corrected chi connectivity index (χ0v) is 23.4. The Morgan fingerprint density at radius 2 is 1.44 bits per heavy atom. The first-order valence-corrected chi connectivity index (χ1v) is 18.8. The zero-order chi connectivity index (χ0) is 24.8. The third kappa shape index (κ3) is 8.05. The van der Waals surface area contributed by atoms with Crippen molar-refractivity contribution < 1.29 is 28.4 Å². The van der Waals surface area contributed by atoms with Gasteiger partial charge in [-0.15, -0.1) is 11.1 Å². The lowest BCUT2D eigenvalue weighted by atomic mass is 9.97. The van der Waals surface area contributed by atoms with Crippen LogP contribution < -0.4 is 0 Å². The van der Waals surface area contributed by atoms with Crippen LogP contribution in [0.1, 0.15) is 11.9 Å². The Kier molecular flexibility index (Phi) is 9.56. The minimum absolute atomic E-state index is 0.272. The Labute approximate surface area is 206 Å². The summed E-state index contributed by atoms with van der Waals surface area (Å²) in [5, 5.41) is 0. The van der Waals surface area contributed by atoms with E-state index in [4.69, 9.17) is 28.4 Å². The molecule has 0 aromatic heterocycles. The fourth-order valence-electron chi connectivity index (χ4n) is 3.76. The van der Waals surface area contributed by atoms with Crippen LogP contribution in [-0.2, 0) is 28.4 Å².